The monoisotopic (exact) mass is 444 g/mol. The minimum Gasteiger partial charge on any atom is -0.481 e. The van der Waals surface area contributed by atoms with Gasteiger partial charge in [0.2, 0.25) is 5.91 Å². The summed E-state index contributed by atoms with van der Waals surface area (Å²) < 4.78 is 5.58. The fourth-order valence-electron chi connectivity index (χ4n) is 5.02. The van der Waals surface area contributed by atoms with Crippen molar-refractivity contribution in [1.82, 2.24) is 14.8 Å². The second-order valence-corrected chi connectivity index (χ2v) is 8.99. The predicted octanol–water partition coefficient (Wildman–Crippen LogP) is 2.36. The first-order valence-corrected chi connectivity index (χ1v) is 11.6. The molecule has 0 spiro atoms. The Balaban J connectivity index is 1.18. The van der Waals surface area contributed by atoms with Crippen LogP contribution in [0.5, 0.6) is 0 Å². The van der Waals surface area contributed by atoms with Gasteiger partial charge in [-0.05, 0) is 50.7 Å². The Morgan fingerprint density at radius 3 is 2.56 bits per heavy atom. The Kier molecular flexibility index (Phi) is 7.12. The first-order valence-electron chi connectivity index (χ1n) is 11.6. The fraction of sp³-hybridized carbons (Fsp3) is 0.652. The third kappa shape index (κ3) is 5.31. The molecule has 0 aromatic carbocycles. The maximum absolute atomic E-state index is 12.5. The van der Waals surface area contributed by atoms with Crippen molar-refractivity contribution in [2.75, 3.05) is 37.6 Å². The number of rotatable bonds is 7. The normalized spacial score (nSPS) is 24.5. The van der Waals surface area contributed by atoms with Crippen LogP contribution in [-0.2, 0) is 14.3 Å². The number of carboxylic acid groups (broad SMARTS) is 1. The number of carbonyl (C=O) groups is 3. The molecule has 0 radical (unpaired) electrons. The van der Waals surface area contributed by atoms with Crippen molar-refractivity contribution in [3.63, 3.8) is 0 Å². The van der Waals surface area contributed by atoms with Gasteiger partial charge in [0.15, 0.2) is 0 Å². The van der Waals surface area contributed by atoms with Gasteiger partial charge in [-0.2, -0.15) is 0 Å². The zero-order valence-corrected chi connectivity index (χ0v) is 18.4. The lowest BCUT2D eigenvalue weighted by Gasteiger charge is -2.36. The summed E-state index contributed by atoms with van der Waals surface area (Å²) in [6.45, 7) is 3.30. The van der Waals surface area contributed by atoms with Crippen molar-refractivity contribution in [2.24, 2.45) is 5.92 Å². The number of aliphatic carboxylic acids is 1. The third-order valence-corrected chi connectivity index (χ3v) is 6.88. The van der Waals surface area contributed by atoms with Gasteiger partial charge < -0.3 is 24.5 Å². The SMILES string of the molecule is O=C(O)C1CCCN(C(=O)CCCC2CN(C3CCN(c4ccncc4)CC3)C(=O)O2)C1. The van der Waals surface area contributed by atoms with Gasteiger partial charge >= 0.3 is 12.1 Å². The number of nitrogens with zero attached hydrogens (tertiary/aromatic N) is 4. The number of cyclic esters (lactones) is 1. The number of aromatic nitrogens is 1. The average Bonchev–Trinajstić information content (AvgIpc) is 3.20. The quantitative estimate of drug-likeness (QED) is 0.689. The van der Waals surface area contributed by atoms with Crippen LogP contribution in [0, 0.1) is 5.92 Å². The van der Waals surface area contributed by atoms with Crippen LogP contribution < -0.4 is 4.90 Å². The molecular formula is C23H32N4O5. The average molecular weight is 445 g/mol. The van der Waals surface area contributed by atoms with Crippen molar-refractivity contribution >= 4 is 23.7 Å². The number of amides is 2. The van der Waals surface area contributed by atoms with Crippen LogP contribution in [0.25, 0.3) is 0 Å². The maximum atomic E-state index is 12.5. The summed E-state index contributed by atoms with van der Waals surface area (Å²) in [4.78, 5) is 46.0. The van der Waals surface area contributed by atoms with Crippen LogP contribution in [0.1, 0.15) is 44.9 Å². The van der Waals surface area contributed by atoms with E-state index >= 15 is 0 Å². The highest BCUT2D eigenvalue weighted by Gasteiger charge is 2.37. The molecule has 0 bridgehead atoms. The second-order valence-electron chi connectivity index (χ2n) is 8.99. The molecule has 9 heteroatoms. The van der Waals surface area contributed by atoms with Gasteiger partial charge in [0.1, 0.15) is 6.10 Å². The summed E-state index contributed by atoms with van der Waals surface area (Å²) in [5.41, 5.74) is 1.16. The first-order chi connectivity index (χ1) is 15.5. The second kappa shape index (κ2) is 10.2. The Morgan fingerprint density at radius 1 is 1.09 bits per heavy atom. The van der Waals surface area contributed by atoms with Crippen LogP contribution in [0.15, 0.2) is 24.5 Å². The van der Waals surface area contributed by atoms with Crippen LogP contribution >= 0.6 is 0 Å². The number of carbonyl (C=O) groups excluding carboxylic acids is 2. The Morgan fingerprint density at radius 2 is 1.84 bits per heavy atom. The molecule has 32 heavy (non-hydrogen) atoms. The lowest BCUT2D eigenvalue weighted by Crippen LogP contribution is -2.45. The molecule has 4 heterocycles. The Labute approximate surface area is 188 Å². The van der Waals surface area contributed by atoms with Gasteiger partial charge in [-0.3, -0.25) is 14.6 Å². The highest BCUT2D eigenvalue weighted by Crippen LogP contribution is 2.27. The zero-order valence-electron chi connectivity index (χ0n) is 18.4. The van der Waals surface area contributed by atoms with Gasteiger partial charge in [-0.1, -0.05) is 0 Å². The van der Waals surface area contributed by atoms with Crippen LogP contribution in [0.2, 0.25) is 0 Å². The first kappa shape index (κ1) is 22.4. The molecule has 2 atom stereocenters. The van der Waals surface area contributed by atoms with Crippen molar-refractivity contribution in [2.45, 2.75) is 57.1 Å². The molecule has 2 amide bonds. The Bertz CT molecular complexity index is 812. The van der Waals surface area contributed by atoms with Gasteiger partial charge in [-0.25, -0.2) is 4.79 Å². The molecule has 1 N–H and O–H groups in total. The van der Waals surface area contributed by atoms with E-state index < -0.39 is 11.9 Å². The summed E-state index contributed by atoms with van der Waals surface area (Å²) in [7, 11) is 0. The van der Waals surface area contributed by atoms with E-state index in [1.165, 1.54) is 0 Å². The Hall–Kier alpha value is -2.84. The van der Waals surface area contributed by atoms with Gasteiger partial charge in [0, 0.05) is 56.7 Å². The van der Waals surface area contributed by atoms with E-state index in [1.807, 2.05) is 17.0 Å². The smallest absolute Gasteiger partial charge is 0.410 e. The van der Waals surface area contributed by atoms with E-state index in [9.17, 15) is 19.5 Å². The largest absolute Gasteiger partial charge is 0.481 e. The van der Waals surface area contributed by atoms with E-state index in [0.717, 1.165) is 38.0 Å². The highest BCUT2D eigenvalue weighted by atomic mass is 16.6. The number of piperidine rings is 2. The van der Waals surface area contributed by atoms with Crippen molar-refractivity contribution in [1.29, 1.82) is 0 Å². The van der Waals surface area contributed by atoms with Gasteiger partial charge in [0.25, 0.3) is 0 Å². The summed E-state index contributed by atoms with van der Waals surface area (Å²) in [5, 5.41) is 9.19. The zero-order chi connectivity index (χ0) is 22.5. The molecule has 4 rings (SSSR count). The molecule has 1 aromatic heterocycles. The van der Waals surface area contributed by atoms with E-state index in [4.69, 9.17) is 4.74 Å². The van der Waals surface area contributed by atoms with E-state index in [-0.39, 0.29) is 24.1 Å². The molecule has 0 saturated carbocycles. The molecule has 2 unspecified atom stereocenters. The summed E-state index contributed by atoms with van der Waals surface area (Å²) in [5.74, 6) is -1.28. The molecule has 0 aliphatic carbocycles. The molecule has 3 aliphatic rings. The van der Waals surface area contributed by atoms with Crippen molar-refractivity contribution in [3.05, 3.63) is 24.5 Å². The molecular weight excluding hydrogens is 412 g/mol. The number of carboxylic acids is 1. The lowest BCUT2D eigenvalue weighted by atomic mass is 9.98. The minimum atomic E-state index is -0.827. The maximum Gasteiger partial charge on any atom is 0.410 e. The third-order valence-electron chi connectivity index (χ3n) is 6.88. The molecule has 174 valence electrons. The van der Waals surface area contributed by atoms with Crippen LogP contribution in [0.4, 0.5) is 10.5 Å². The predicted molar refractivity (Wildman–Crippen MR) is 117 cm³/mol. The number of likely N-dealkylation sites (tertiary alicyclic amines) is 1. The number of pyridine rings is 1. The summed E-state index contributed by atoms with van der Waals surface area (Å²) in [6, 6.07) is 4.20. The summed E-state index contributed by atoms with van der Waals surface area (Å²) in [6.07, 6.45) is 8.00. The molecule has 1 aromatic rings. The van der Waals surface area contributed by atoms with E-state index in [2.05, 4.69) is 9.88 Å². The number of hydrogen-bond acceptors (Lipinski definition) is 6. The van der Waals surface area contributed by atoms with Crippen LogP contribution in [0.3, 0.4) is 0 Å². The molecule has 3 aliphatic heterocycles. The standard InChI is InChI=1S/C23H32N4O5/c28-21(26-12-2-3-17(15-26)22(29)30)5-1-4-20-16-27(23(31)32-20)19-8-13-25(14-9-19)18-6-10-24-11-7-18/h6-7,10-11,17,19-20H,1-5,8-9,12-16H2,(H,29,30). The van der Waals surface area contributed by atoms with Crippen LogP contribution in [-0.4, -0.2) is 82.7 Å². The summed E-state index contributed by atoms with van der Waals surface area (Å²) >= 11 is 0. The van der Waals surface area contributed by atoms with Crippen molar-refractivity contribution < 1.29 is 24.2 Å². The van der Waals surface area contributed by atoms with E-state index in [1.54, 1.807) is 17.3 Å². The lowest BCUT2D eigenvalue weighted by molar-refractivity contribution is -0.145. The fourth-order valence-corrected chi connectivity index (χ4v) is 5.02. The minimum absolute atomic E-state index is 0.000568. The van der Waals surface area contributed by atoms with Crippen molar-refractivity contribution in [3.8, 4) is 0 Å². The topological polar surface area (TPSA) is 103 Å². The number of hydrogen-bond donors (Lipinski definition) is 1. The number of anilines is 1. The molecule has 3 saturated heterocycles. The molecule has 3 fully saturated rings. The van der Waals surface area contributed by atoms with Gasteiger partial charge in [-0.15, -0.1) is 0 Å². The number of ether oxygens (including phenoxy) is 1. The van der Waals surface area contributed by atoms with E-state index in [0.29, 0.717) is 45.3 Å². The highest BCUT2D eigenvalue weighted by molar-refractivity contribution is 5.78. The molecule has 9 nitrogen and oxygen atoms in total. The van der Waals surface area contributed by atoms with Gasteiger partial charge in [0.05, 0.1) is 12.5 Å².